The summed E-state index contributed by atoms with van der Waals surface area (Å²) in [5, 5.41) is 8.94. The molecule has 0 aromatic carbocycles. The Morgan fingerprint density at radius 2 is 2.22 bits per heavy atom. The number of aromatic nitrogens is 1. The molecule has 0 aliphatic heterocycles. The maximum absolute atomic E-state index is 12.0. The Hall–Kier alpha value is -1.62. The summed E-state index contributed by atoms with van der Waals surface area (Å²) < 4.78 is 1.53. The highest BCUT2D eigenvalue weighted by Crippen LogP contribution is 2.27. The lowest BCUT2D eigenvalue weighted by Crippen LogP contribution is -2.36. The van der Waals surface area contributed by atoms with Gasteiger partial charge in [0.25, 0.3) is 5.56 Å². The van der Waals surface area contributed by atoms with E-state index in [2.05, 4.69) is 0 Å². The van der Waals surface area contributed by atoms with Crippen molar-refractivity contribution in [2.24, 2.45) is 0 Å². The van der Waals surface area contributed by atoms with Crippen molar-refractivity contribution in [1.29, 1.82) is 0 Å². The molecule has 1 aliphatic carbocycles. The summed E-state index contributed by atoms with van der Waals surface area (Å²) in [5.74, 6) is 0.0160. The number of pyridine rings is 1. The topological polar surface area (TPSA) is 62.5 Å². The Morgan fingerprint density at radius 3 is 2.83 bits per heavy atom. The fourth-order valence-electron chi connectivity index (χ4n) is 2.01. The van der Waals surface area contributed by atoms with Crippen LogP contribution in [0.15, 0.2) is 29.2 Å². The van der Waals surface area contributed by atoms with Gasteiger partial charge < -0.3 is 14.6 Å². The number of nitrogens with zero attached hydrogens (tertiary/aromatic N) is 2. The van der Waals surface area contributed by atoms with Gasteiger partial charge in [0.1, 0.15) is 0 Å². The molecule has 0 unspecified atom stereocenters. The molecular formula is C13H18N2O3. The Bertz CT molecular complexity index is 465. The predicted octanol–water partition coefficient (Wildman–Crippen LogP) is 0.222. The van der Waals surface area contributed by atoms with Crippen molar-refractivity contribution in [3.63, 3.8) is 0 Å². The third-order valence-corrected chi connectivity index (χ3v) is 3.11. The van der Waals surface area contributed by atoms with Gasteiger partial charge in [0.15, 0.2) is 0 Å². The summed E-state index contributed by atoms with van der Waals surface area (Å²) in [4.78, 5) is 25.2. The first kappa shape index (κ1) is 12.8. The van der Waals surface area contributed by atoms with Crippen LogP contribution in [0.25, 0.3) is 0 Å². The molecule has 5 nitrogen and oxygen atoms in total. The summed E-state index contributed by atoms with van der Waals surface area (Å²) in [6.07, 6.45) is 4.04. The van der Waals surface area contributed by atoms with E-state index in [9.17, 15) is 9.59 Å². The van der Waals surface area contributed by atoms with Gasteiger partial charge in [0.05, 0.1) is 6.61 Å². The van der Waals surface area contributed by atoms with Crippen molar-refractivity contribution in [1.82, 2.24) is 9.47 Å². The average molecular weight is 250 g/mol. The summed E-state index contributed by atoms with van der Waals surface area (Å²) in [6, 6.07) is 5.25. The molecule has 1 heterocycles. The molecule has 1 aromatic rings. The molecule has 98 valence electrons. The third kappa shape index (κ3) is 3.20. The highest BCUT2D eigenvalue weighted by molar-refractivity contribution is 5.76. The molecular weight excluding hydrogens is 232 g/mol. The number of hydrogen-bond acceptors (Lipinski definition) is 3. The molecule has 1 aliphatic rings. The number of hydrogen-bond donors (Lipinski definition) is 1. The van der Waals surface area contributed by atoms with Crippen LogP contribution in [-0.4, -0.2) is 39.7 Å². The maximum atomic E-state index is 12.0. The zero-order valence-corrected chi connectivity index (χ0v) is 10.3. The Labute approximate surface area is 106 Å². The van der Waals surface area contributed by atoms with Gasteiger partial charge in [0.2, 0.25) is 5.91 Å². The summed E-state index contributed by atoms with van der Waals surface area (Å²) >= 11 is 0. The van der Waals surface area contributed by atoms with E-state index in [0.717, 1.165) is 12.8 Å². The molecule has 1 saturated carbocycles. The zero-order chi connectivity index (χ0) is 13.0. The largest absolute Gasteiger partial charge is 0.395 e. The van der Waals surface area contributed by atoms with E-state index in [1.807, 2.05) is 0 Å². The number of carbonyl (C=O) groups excluding carboxylic acids is 1. The van der Waals surface area contributed by atoms with Crippen molar-refractivity contribution in [3.8, 4) is 0 Å². The van der Waals surface area contributed by atoms with Gasteiger partial charge >= 0.3 is 0 Å². The lowest BCUT2D eigenvalue weighted by molar-refractivity contribution is -0.132. The fraction of sp³-hybridized carbons (Fsp3) is 0.538. The average Bonchev–Trinajstić information content (AvgIpc) is 3.19. The minimum Gasteiger partial charge on any atom is -0.395 e. The van der Waals surface area contributed by atoms with E-state index in [1.54, 1.807) is 23.2 Å². The van der Waals surface area contributed by atoms with Gasteiger partial charge in [-0.15, -0.1) is 0 Å². The minimum atomic E-state index is -0.0922. The van der Waals surface area contributed by atoms with Gasteiger partial charge in [-0.05, 0) is 18.9 Å². The van der Waals surface area contributed by atoms with E-state index < -0.39 is 0 Å². The number of carbonyl (C=O) groups is 1. The number of aliphatic hydroxyl groups excluding tert-OH is 1. The van der Waals surface area contributed by atoms with Crippen molar-refractivity contribution in [2.45, 2.75) is 31.8 Å². The van der Waals surface area contributed by atoms with Gasteiger partial charge in [0, 0.05) is 37.8 Å². The standard InChI is InChI=1S/C13H18N2O3/c16-10-9-15(11-4-5-11)13(18)6-8-14-7-2-1-3-12(14)17/h1-3,7,11,16H,4-6,8-10H2. The quantitative estimate of drug-likeness (QED) is 0.785. The van der Waals surface area contributed by atoms with E-state index in [-0.39, 0.29) is 18.1 Å². The van der Waals surface area contributed by atoms with Crippen molar-refractivity contribution in [3.05, 3.63) is 34.7 Å². The highest BCUT2D eigenvalue weighted by atomic mass is 16.3. The van der Waals surface area contributed by atoms with E-state index in [4.69, 9.17) is 5.11 Å². The van der Waals surface area contributed by atoms with Gasteiger partial charge in [-0.3, -0.25) is 9.59 Å². The van der Waals surface area contributed by atoms with Crippen LogP contribution >= 0.6 is 0 Å². The van der Waals surface area contributed by atoms with E-state index in [1.165, 1.54) is 10.6 Å². The zero-order valence-electron chi connectivity index (χ0n) is 10.3. The van der Waals surface area contributed by atoms with Gasteiger partial charge in [-0.1, -0.05) is 6.07 Å². The maximum Gasteiger partial charge on any atom is 0.250 e. The Balaban J connectivity index is 1.91. The normalized spacial score (nSPS) is 14.5. The minimum absolute atomic E-state index is 0.00642. The second kappa shape index (κ2) is 5.82. The number of rotatable bonds is 6. The predicted molar refractivity (Wildman–Crippen MR) is 67.1 cm³/mol. The second-order valence-corrected chi connectivity index (χ2v) is 4.52. The SMILES string of the molecule is O=C(CCn1ccccc1=O)N(CCO)C1CC1. The van der Waals surface area contributed by atoms with Crippen LogP contribution in [0.5, 0.6) is 0 Å². The molecule has 0 saturated heterocycles. The van der Waals surface area contributed by atoms with Crippen LogP contribution in [-0.2, 0) is 11.3 Å². The molecule has 18 heavy (non-hydrogen) atoms. The summed E-state index contributed by atoms with van der Waals surface area (Å²) in [5.41, 5.74) is -0.0922. The van der Waals surface area contributed by atoms with Gasteiger partial charge in [-0.25, -0.2) is 0 Å². The van der Waals surface area contributed by atoms with Crippen molar-refractivity contribution < 1.29 is 9.90 Å². The smallest absolute Gasteiger partial charge is 0.250 e. The number of aliphatic hydroxyl groups is 1. The van der Waals surface area contributed by atoms with Crippen LogP contribution in [0.4, 0.5) is 0 Å². The first-order chi connectivity index (χ1) is 8.72. The fourth-order valence-corrected chi connectivity index (χ4v) is 2.01. The highest BCUT2D eigenvalue weighted by Gasteiger charge is 2.31. The third-order valence-electron chi connectivity index (χ3n) is 3.11. The molecule has 1 N–H and O–H groups in total. The number of amides is 1. The van der Waals surface area contributed by atoms with E-state index >= 15 is 0 Å². The van der Waals surface area contributed by atoms with Gasteiger partial charge in [-0.2, -0.15) is 0 Å². The van der Waals surface area contributed by atoms with Crippen LogP contribution in [0.2, 0.25) is 0 Å². The molecule has 1 amide bonds. The lowest BCUT2D eigenvalue weighted by Gasteiger charge is -2.21. The molecule has 5 heteroatoms. The summed E-state index contributed by atoms with van der Waals surface area (Å²) in [6.45, 7) is 0.786. The first-order valence-corrected chi connectivity index (χ1v) is 6.28. The lowest BCUT2D eigenvalue weighted by atomic mass is 10.3. The monoisotopic (exact) mass is 250 g/mol. The van der Waals surface area contributed by atoms with Crippen LogP contribution in [0, 0.1) is 0 Å². The molecule has 2 rings (SSSR count). The molecule has 0 radical (unpaired) electrons. The van der Waals surface area contributed by atoms with Crippen molar-refractivity contribution >= 4 is 5.91 Å². The molecule has 1 fully saturated rings. The molecule has 0 bridgehead atoms. The molecule has 0 spiro atoms. The first-order valence-electron chi connectivity index (χ1n) is 6.28. The van der Waals surface area contributed by atoms with Crippen molar-refractivity contribution in [2.75, 3.05) is 13.2 Å². The molecule has 0 atom stereocenters. The second-order valence-electron chi connectivity index (χ2n) is 4.52. The van der Waals surface area contributed by atoms with Crippen LogP contribution in [0.1, 0.15) is 19.3 Å². The van der Waals surface area contributed by atoms with Crippen LogP contribution in [0.3, 0.4) is 0 Å². The number of aryl methyl sites for hydroxylation is 1. The summed E-state index contributed by atoms with van der Waals surface area (Å²) in [7, 11) is 0. The Kier molecular flexibility index (Phi) is 4.15. The van der Waals surface area contributed by atoms with Crippen LogP contribution < -0.4 is 5.56 Å². The van der Waals surface area contributed by atoms with E-state index in [0.29, 0.717) is 25.6 Å². The molecule has 1 aromatic heterocycles. The Morgan fingerprint density at radius 1 is 1.44 bits per heavy atom.